The molecule has 0 aromatic heterocycles. The Bertz CT molecular complexity index is 210. The molecule has 0 aromatic rings. The first-order chi connectivity index (χ1) is 8.22. The van der Waals surface area contributed by atoms with Gasteiger partial charge in [0.15, 0.2) is 0 Å². The van der Waals surface area contributed by atoms with Crippen LogP contribution >= 0.6 is 0 Å². The Kier molecular flexibility index (Phi) is 7.11. The number of hydrogen-bond acceptors (Lipinski definition) is 5. The molecule has 0 unspecified atom stereocenters. The predicted octanol–water partition coefficient (Wildman–Crippen LogP) is -2.06. The van der Waals surface area contributed by atoms with Gasteiger partial charge < -0.3 is 26.6 Å². The zero-order chi connectivity index (χ0) is 12.5. The molecule has 0 aromatic carbocycles. The van der Waals surface area contributed by atoms with Gasteiger partial charge in [-0.3, -0.25) is 4.79 Å². The van der Waals surface area contributed by atoms with Crippen molar-refractivity contribution in [3.63, 3.8) is 0 Å². The number of carbonyl (C=O) groups excluding carboxylic acids is 1. The van der Waals surface area contributed by atoms with Gasteiger partial charge in [0.2, 0.25) is 5.91 Å². The lowest BCUT2D eigenvalue weighted by Crippen LogP contribution is -2.48. The quantitative estimate of drug-likeness (QED) is 0.426. The van der Waals surface area contributed by atoms with Crippen molar-refractivity contribution in [1.82, 2.24) is 20.9 Å². The number of nitrogens with zero attached hydrogens (tertiary/aromatic N) is 1. The van der Waals surface area contributed by atoms with E-state index >= 15 is 0 Å². The maximum absolute atomic E-state index is 11.8. The molecule has 100 valence electrons. The van der Waals surface area contributed by atoms with Crippen LogP contribution < -0.4 is 21.7 Å². The summed E-state index contributed by atoms with van der Waals surface area (Å²) < 4.78 is 0. The normalized spacial score (nSPS) is 22.4. The average Bonchev–Trinajstić information content (AvgIpc) is 2.29. The predicted molar refractivity (Wildman–Crippen MR) is 68.8 cm³/mol. The van der Waals surface area contributed by atoms with E-state index in [0.717, 1.165) is 52.4 Å². The number of amides is 1. The van der Waals surface area contributed by atoms with Gasteiger partial charge in [-0.1, -0.05) is 0 Å². The number of nitrogens with two attached hydrogens (primary N) is 1. The van der Waals surface area contributed by atoms with Crippen molar-refractivity contribution < 1.29 is 4.79 Å². The Morgan fingerprint density at radius 2 is 1.41 bits per heavy atom. The Balaban J connectivity index is 2.39. The molecule has 0 aliphatic carbocycles. The van der Waals surface area contributed by atoms with Crippen molar-refractivity contribution in [2.75, 3.05) is 52.4 Å². The highest BCUT2D eigenvalue weighted by atomic mass is 16.2. The van der Waals surface area contributed by atoms with E-state index in [1.807, 2.05) is 4.90 Å². The van der Waals surface area contributed by atoms with Gasteiger partial charge in [-0.05, 0) is 6.92 Å². The Labute approximate surface area is 103 Å². The van der Waals surface area contributed by atoms with Gasteiger partial charge in [0, 0.05) is 52.4 Å². The van der Waals surface area contributed by atoms with E-state index in [4.69, 9.17) is 5.73 Å². The molecule has 0 spiro atoms. The van der Waals surface area contributed by atoms with E-state index in [1.165, 1.54) is 0 Å². The number of hydrogen-bond donors (Lipinski definition) is 4. The SMILES string of the molecule is C[C@H](N)C(=O)N1CCNCCNCCNCC1. The van der Waals surface area contributed by atoms with Crippen LogP contribution in [0.2, 0.25) is 0 Å². The second-order valence-electron chi connectivity index (χ2n) is 4.36. The molecule has 1 heterocycles. The van der Waals surface area contributed by atoms with E-state index in [1.54, 1.807) is 6.92 Å². The summed E-state index contributed by atoms with van der Waals surface area (Å²) >= 11 is 0. The van der Waals surface area contributed by atoms with Crippen molar-refractivity contribution in [2.24, 2.45) is 5.73 Å². The maximum atomic E-state index is 11.8. The van der Waals surface area contributed by atoms with Crippen LogP contribution in [-0.4, -0.2) is 69.2 Å². The topological polar surface area (TPSA) is 82.4 Å². The van der Waals surface area contributed by atoms with Crippen LogP contribution in [-0.2, 0) is 4.79 Å². The summed E-state index contributed by atoms with van der Waals surface area (Å²) in [7, 11) is 0. The largest absolute Gasteiger partial charge is 0.339 e. The number of rotatable bonds is 1. The molecule has 0 saturated carbocycles. The monoisotopic (exact) mass is 243 g/mol. The standard InChI is InChI=1S/C11H25N5O/c1-10(12)11(17)16-8-6-14-4-2-13-3-5-15-7-9-16/h10,13-15H,2-9,12H2,1H3/t10-/m0/s1. The molecule has 1 rings (SSSR count). The third kappa shape index (κ3) is 5.97. The molecule has 1 amide bonds. The van der Waals surface area contributed by atoms with Crippen LogP contribution in [0.4, 0.5) is 0 Å². The van der Waals surface area contributed by atoms with Crippen LogP contribution in [0, 0.1) is 0 Å². The van der Waals surface area contributed by atoms with Crippen LogP contribution in [0.15, 0.2) is 0 Å². The summed E-state index contributed by atoms with van der Waals surface area (Å²) in [6.45, 7) is 8.61. The molecule has 6 nitrogen and oxygen atoms in total. The Morgan fingerprint density at radius 3 is 1.82 bits per heavy atom. The molecule has 0 radical (unpaired) electrons. The smallest absolute Gasteiger partial charge is 0.239 e. The van der Waals surface area contributed by atoms with Crippen molar-refractivity contribution in [3.8, 4) is 0 Å². The zero-order valence-corrected chi connectivity index (χ0v) is 10.7. The van der Waals surface area contributed by atoms with Crippen molar-refractivity contribution in [2.45, 2.75) is 13.0 Å². The summed E-state index contributed by atoms with van der Waals surface area (Å²) in [5.74, 6) is 0.0313. The van der Waals surface area contributed by atoms with Crippen LogP contribution in [0.5, 0.6) is 0 Å². The first kappa shape index (κ1) is 14.4. The van der Waals surface area contributed by atoms with Gasteiger partial charge in [-0.2, -0.15) is 0 Å². The van der Waals surface area contributed by atoms with Crippen molar-refractivity contribution in [3.05, 3.63) is 0 Å². The third-order valence-corrected chi connectivity index (χ3v) is 2.78. The van der Waals surface area contributed by atoms with E-state index in [0.29, 0.717) is 0 Å². The summed E-state index contributed by atoms with van der Waals surface area (Å²) in [6.07, 6.45) is 0. The molecular formula is C11H25N5O. The fraction of sp³-hybridized carbons (Fsp3) is 0.909. The zero-order valence-electron chi connectivity index (χ0n) is 10.7. The fourth-order valence-electron chi connectivity index (χ4n) is 1.78. The molecule has 1 saturated heterocycles. The third-order valence-electron chi connectivity index (χ3n) is 2.78. The van der Waals surface area contributed by atoms with Gasteiger partial charge in [0.25, 0.3) is 0 Å². The van der Waals surface area contributed by atoms with Gasteiger partial charge >= 0.3 is 0 Å². The van der Waals surface area contributed by atoms with Gasteiger partial charge in [0.05, 0.1) is 6.04 Å². The van der Waals surface area contributed by atoms with Crippen LogP contribution in [0.25, 0.3) is 0 Å². The first-order valence-electron chi connectivity index (χ1n) is 6.38. The average molecular weight is 243 g/mol. The highest BCUT2D eigenvalue weighted by molar-refractivity contribution is 5.81. The lowest BCUT2D eigenvalue weighted by Gasteiger charge is -2.25. The molecule has 5 N–H and O–H groups in total. The molecular weight excluding hydrogens is 218 g/mol. The lowest BCUT2D eigenvalue weighted by atomic mass is 10.3. The van der Waals surface area contributed by atoms with Gasteiger partial charge in [0.1, 0.15) is 0 Å². The summed E-state index contributed by atoms with van der Waals surface area (Å²) in [5, 5.41) is 9.95. The lowest BCUT2D eigenvalue weighted by molar-refractivity contribution is -0.132. The summed E-state index contributed by atoms with van der Waals surface area (Å²) in [6, 6.07) is -0.412. The Morgan fingerprint density at radius 1 is 1.00 bits per heavy atom. The minimum atomic E-state index is -0.412. The number of nitrogens with one attached hydrogen (secondary N) is 3. The minimum absolute atomic E-state index is 0.0313. The number of carbonyl (C=O) groups is 1. The minimum Gasteiger partial charge on any atom is -0.339 e. The summed E-state index contributed by atoms with van der Waals surface area (Å²) in [4.78, 5) is 13.7. The molecule has 6 heteroatoms. The van der Waals surface area contributed by atoms with E-state index in [-0.39, 0.29) is 5.91 Å². The fourth-order valence-corrected chi connectivity index (χ4v) is 1.78. The molecule has 1 atom stereocenters. The summed E-state index contributed by atoms with van der Waals surface area (Å²) in [5.41, 5.74) is 5.64. The molecule has 17 heavy (non-hydrogen) atoms. The van der Waals surface area contributed by atoms with Crippen LogP contribution in [0.3, 0.4) is 0 Å². The van der Waals surface area contributed by atoms with E-state index < -0.39 is 6.04 Å². The van der Waals surface area contributed by atoms with Gasteiger partial charge in [-0.15, -0.1) is 0 Å². The van der Waals surface area contributed by atoms with Crippen molar-refractivity contribution in [1.29, 1.82) is 0 Å². The molecule has 1 aliphatic heterocycles. The van der Waals surface area contributed by atoms with Gasteiger partial charge in [-0.25, -0.2) is 0 Å². The first-order valence-corrected chi connectivity index (χ1v) is 6.38. The second-order valence-corrected chi connectivity index (χ2v) is 4.36. The van der Waals surface area contributed by atoms with E-state index in [2.05, 4.69) is 16.0 Å². The second kappa shape index (κ2) is 8.41. The molecule has 1 fully saturated rings. The maximum Gasteiger partial charge on any atom is 0.239 e. The molecule has 1 aliphatic rings. The molecule has 0 bridgehead atoms. The highest BCUT2D eigenvalue weighted by Crippen LogP contribution is 1.92. The van der Waals surface area contributed by atoms with E-state index in [9.17, 15) is 4.79 Å². The van der Waals surface area contributed by atoms with Crippen molar-refractivity contribution >= 4 is 5.91 Å². The Hall–Kier alpha value is -0.690. The highest BCUT2D eigenvalue weighted by Gasteiger charge is 2.16. The van der Waals surface area contributed by atoms with Crippen LogP contribution in [0.1, 0.15) is 6.92 Å².